The Morgan fingerprint density at radius 3 is 3.15 bits per heavy atom. The van der Waals surface area contributed by atoms with Crippen molar-refractivity contribution in [1.82, 2.24) is 14.5 Å². The number of likely N-dealkylation sites (tertiary alicyclic amines) is 1. The molecular formula is C15H20N4O. The Morgan fingerprint density at radius 1 is 1.50 bits per heavy atom. The molecule has 20 heavy (non-hydrogen) atoms. The summed E-state index contributed by atoms with van der Waals surface area (Å²) in [7, 11) is 0. The van der Waals surface area contributed by atoms with Crippen molar-refractivity contribution in [2.45, 2.75) is 25.8 Å². The lowest BCUT2D eigenvalue weighted by molar-refractivity contribution is 0.0575. The second-order valence-electron chi connectivity index (χ2n) is 5.61. The van der Waals surface area contributed by atoms with Gasteiger partial charge >= 0.3 is 0 Å². The number of hydrogen-bond donors (Lipinski definition) is 1. The van der Waals surface area contributed by atoms with E-state index in [2.05, 4.69) is 12.0 Å². The van der Waals surface area contributed by atoms with Crippen molar-refractivity contribution in [3.05, 3.63) is 36.2 Å². The zero-order valence-corrected chi connectivity index (χ0v) is 11.7. The third kappa shape index (κ3) is 2.18. The summed E-state index contributed by atoms with van der Waals surface area (Å²) in [4.78, 5) is 14.7. The lowest BCUT2D eigenvalue weighted by Gasteiger charge is -2.37. The number of pyridine rings is 1. The normalized spacial score (nSPS) is 23.2. The second-order valence-corrected chi connectivity index (χ2v) is 5.61. The summed E-state index contributed by atoms with van der Waals surface area (Å²) >= 11 is 0. The summed E-state index contributed by atoms with van der Waals surface area (Å²) in [5, 5.41) is 4.24. The molecular weight excluding hydrogens is 252 g/mol. The summed E-state index contributed by atoms with van der Waals surface area (Å²) < 4.78 is 1.73. The van der Waals surface area contributed by atoms with Crippen molar-refractivity contribution in [3.8, 4) is 0 Å². The SMILES string of the molecule is CC1CCN(C(=O)c2cnn3ccccc23)C(CN)C1. The molecule has 1 aliphatic heterocycles. The average molecular weight is 272 g/mol. The van der Waals surface area contributed by atoms with Crippen molar-refractivity contribution >= 4 is 11.4 Å². The van der Waals surface area contributed by atoms with E-state index in [0.717, 1.165) is 24.9 Å². The fourth-order valence-electron chi connectivity index (χ4n) is 3.00. The first-order chi connectivity index (χ1) is 9.70. The number of carbonyl (C=O) groups excluding carboxylic acids is 1. The van der Waals surface area contributed by atoms with Crippen LogP contribution in [0.2, 0.25) is 0 Å². The Morgan fingerprint density at radius 2 is 2.35 bits per heavy atom. The Kier molecular flexibility index (Phi) is 3.44. The molecule has 1 amide bonds. The maximum absolute atomic E-state index is 12.8. The lowest BCUT2D eigenvalue weighted by atomic mass is 9.92. The van der Waals surface area contributed by atoms with Gasteiger partial charge in [0.25, 0.3) is 5.91 Å². The standard InChI is InChI=1S/C15H20N4O/c1-11-5-7-18(12(8-11)9-16)15(20)13-10-17-19-6-3-2-4-14(13)19/h2-4,6,10-12H,5,7-9,16H2,1H3. The van der Waals surface area contributed by atoms with E-state index in [1.54, 1.807) is 10.7 Å². The van der Waals surface area contributed by atoms with Gasteiger partial charge in [-0.25, -0.2) is 4.52 Å². The van der Waals surface area contributed by atoms with Gasteiger partial charge in [0.1, 0.15) is 0 Å². The average Bonchev–Trinajstić information content (AvgIpc) is 2.90. The molecule has 1 aliphatic rings. The Balaban J connectivity index is 1.91. The van der Waals surface area contributed by atoms with Crippen LogP contribution in [0.4, 0.5) is 0 Å². The Labute approximate surface area is 118 Å². The predicted octanol–water partition coefficient (Wildman–Crippen LogP) is 1.53. The molecule has 106 valence electrons. The molecule has 0 aromatic carbocycles. The quantitative estimate of drug-likeness (QED) is 0.902. The number of nitrogens with two attached hydrogens (primary N) is 1. The summed E-state index contributed by atoms with van der Waals surface area (Å²) in [6, 6.07) is 5.89. The van der Waals surface area contributed by atoms with E-state index < -0.39 is 0 Å². The van der Waals surface area contributed by atoms with Crippen molar-refractivity contribution < 1.29 is 4.79 Å². The molecule has 2 aromatic heterocycles. The van der Waals surface area contributed by atoms with Crippen LogP contribution in [-0.2, 0) is 0 Å². The van der Waals surface area contributed by atoms with Gasteiger partial charge in [0.2, 0.25) is 0 Å². The zero-order valence-electron chi connectivity index (χ0n) is 11.7. The molecule has 0 bridgehead atoms. The molecule has 0 saturated carbocycles. The molecule has 2 atom stereocenters. The molecule has 5 heteroatoms. The minimum absolute atomic E-state index is 0.0496. The van der Waals surface area contributed by atoms with E-state index in [1.807, 2.05) is 29.3 Å². The summed E-state index contributed by atoms with van der Waals surface area (Å²) in [6.07, 6.45) is 5.54. The first kappa shape index (κ1) is 13.1. The van der Waals surface area contributed by atoms with Gasteiger partial charge < -0.3 is 10.6 Å². The number of hydrogen-bond acceptors (Lipinski definition) is 3. The molecule has 0 spiro atoms. The van der Waals surface area contributed by atoms with Gasteiger partial charge in [-0.2, -0.15) is 5.10 Å². The molecule has 2 N–H and O–H groups in total. The maximum Gasteiger partial charge on any atom is 0.257 e. The van der Waals surface area contributed by atoms with Gasteiger partial charge in [-0.15, -0.1) is 0 Å². The molecule has 3 heterocycles. The van der Waals surface area contributed by atoms with Gasteiger partial charge in [-0.3, -0.25) is 4.79 Å². The third-order valence-electron chi connectivity index (χ3n) is 4.17. The number of nitrogens with zero attached hydrogens (tertiary/aromatic N) is 3. The first-order valence-corrected chi connectivity index (χ1v) is 7.14. The number of carbonyl (C=O) groups is 1. The van der Waals surface area contributed by atoms with E-state index in [0.29, 0.717) is 18.0 Å². The Hall–Kier alpha value is -1.88. The molecule has 0 radical (unpaired) electrons. The number of rotatable bonds is 2. The van der Waals surface area contributed by atoms with Crippen molar-refractivity contribution in [3.63, 3.8) is 0 Å². The molecule has 3 rings (SSSR count). The van der Waals surface area contributed by atoms with E-state index in [9.17, 15) is 4.79 Å². The number of fused-ring (bicyclic) bond motifs is 1. The number of piperidine rings is 1. The molecule has 0 aliphatic carbocycles. The maximum atomic E-state index is 12.8. The largest absolute Gasteiger partial charge is 0.334 e. The highest BCUT2D eigenvalue weighted by molar-refractivity contribution is 6.00. The summed E-state index contributed by atoms with van der Waals surface area (Å²) in [5.41, 5.74) is 7.36. The zero-order chi connectivity index (χ0) is 14.1. The second kappa shape index (κ2) is 5.25. The van der Waals surface area contributed by atoms with Crippen LogP contribution < -0.4 is 5.73 Å². The van der Waals surface area contributed by atoms with Crippen LogP contribution in [0.25, 0.3) is 5.52 Å². The van der Waals surface area contributed by atoms with Gasteiger partial charge in [-0.1, -0.05) is 13.0 Å². The van der Waals surface area contributed by atoms with Crippen molar-refractivity contribution in [1.29, 1.82) is 0 Å². The monoisotopic (exact) mass is 272 g/mol. The molecule has 2 unspecified atom stereocenters. The number of aromatic nitrogens is 2. The Bertz CT molecular complexity index is 621. The van der Waals surface area contributed by atoms with Gasteiger partial charge in [0.05, 0.1) is 17.3 Å². The fraction of sp³-hybridized carbons (Fsp3) is 0.467. The van der Waals surface area contributed by atoms with E-state index in [1.165, 1.54) is 0 Å². The highest BCUT2D eigenvalue weighted by Gasteiger charge is 2.30. The van der Waals surface area contributed by atoms with E-state index >= 15 is 0 Å². The van der Waals surface area contributed by atoms with Crippen LogP contribution in [0.3, 0.4) is 0 Å². The highest BCUT2D eigenvalue weighted by Crippen LogP contribution is 2.24. The molecule has 2 aromatic rings. The van der Waals surface area contributed by atoms with Crippen LogP contribution in [0, 0.1) is 5.92 Å². The van der Waals surface area contributed by atoms with Crippen LogP contribution in [-0.4, -0.2) is 39.6 Å². The van der Waals surface area contributed by atoms with Gasteiger partial charge in [0, 0.05) is 25.3 Å². The third-order valence-corrected chi connectivity index (χ3v) is 4.17. The predicted molar refractivity (Wildman–Crippen MR) is 77.5 cm³/mol. The smallest absolute Gasteiger partial charge is 0.257 e. The number of amides is 1. The topological polar surface area (TPSA) is 63.6 Å². The van der Waals surface area contributed by atoms with Gasteiger partial charge in [-0.05, 0) is 30.9 Å². The minimum atomic E-state index is 0.0496. The van der Waals surface area contributed by atoms with Crippen LogP contribution in [0.1, 0.15) is 30.1 Å². The van der Waals surface area contributed by atoms with Crippen LogP contribution >= 0.6 is 0 Å². The summed E-state index contributed by atoms with van der Waals surface area (Å²) in [6.45, 7) is 3.53. The molecule has 1 saturated heterocycles. The van der Waals surface area contributed by atoms with E-state index in [-0.39, 0.29) is 11.9 Å². The van der Waals surface area contributed by atoms with E-state index in [4.69, 9.17) is 5.73 Å². The lowest BCUT2D eigenvalue weighted by Crippen LogP contribution is -2.49. The highest BCUT2D eigenvalue weighted by atomic mass is 16.2. The van der Waals surface area contributed by atoms with Gasteiger partial charge in [0.15, 0.2) is 0 Å². The molecule has 5 nitrogen and oxygen atoms in total. The fourth-order valence-corrected chi connectivity index (χ4v) is 3.00. The minimum Gasteiger partial charge on any atom is -0.334 e. The van der Waals surface area contributed by atoms with Crippen LogP contribution in [0.5, 0.6) is 0 Å². The van der Waals surface area contributed by atoms with Crippen LogP contribution in [0.15, 0.2) is 30.6 Å². The van der Waals surface area contributed by atoms with Crippen molar-refractivity contribution in [2.75, 3.05) is 13.1 Å². The first-order valence-electron chi connectivity index (χ1n) is 7.14. The van der Waals surface area contributed by atoms with Crippen molar-refractivity contribution in [2.24, 2.45) is 11.7 Å². The molecule has 1 fully saturated rings. The summed E-state index contributed by atoms with van der Waals surface area (Å²) in [5.74, 6) is 0.685.